The molecule has 0 aliphatic heterocycles. The van der Waals surface area contributed by atoms with E-state index in [4.69, 9.17) is 14.2 Å². The molecule has 0 saturated carbocycles. The molecule has 37 heavy (non-hydrogen) atoms. The van der Waals surface area contributed by atoms with E-state index >= 15 is 0 Å². The van der Waals surface area contributed by atoms with Gasteiger partial charge in [0.2, 0.25) is 0 Å². The highest BCUT2D eigenvalue weighted by Gasteiger charge is 2.18. The Morgan fingerprint density at radius 2 is 1.84 bits per heavy atom. The molecule has 1 aromatic carbocycles. The molecule has 0 unspecified atom stereocenters. The molecule has 0 aliphatic rings. The van der Waals surface area contributed by atoms with Crippen LogP contribution in [0, 0.1) is 0 Å². The van der Waals surface area contributed by atoms with Crippen LogP contribution < -0.4 is 14.8 Å². The van der Waals surface area contributed by atoms with Crippen LogP contribution in [-0.2, 0) is 11.8 Å². The molecule has 0 atom stereocenters. The highest BCUT2D eigenvalue weighted by atomic mass is 16.5. The summed E-state index contributed by atoms with van der Waals surface area (Å²) in [6.07, 6.45) is 8.35. The van der Waals surface area contributed by atoms with Crippen LogP contribution >= 0.6 is 0 Å². The second kappa shape index (κ2) is 11.4. The van der Waals surface area contributed by atoms with Gasteiger partial charge in [0.25, 0.3) is 0 Å². The predicted octanol–water partition coefficient (Wildman–Crippen LogP) is 4.58. The van der Waals surface area contributed by atoms with Gasteiger partial charge in [-0.2, -0.15) is 5.10 Å². The van der Waals surface area contributed by atoms with Crippen LogP contribution in [-0.4, -0.2) is 64.8 Å². The molecule has 9 heteroatoms. The van der Waals surface area contributed by atoms with E-state index in [-0.39, 0.29) is 0 Å². The summed E-state index contributed by atoms with van der Waals surface area (Å²) < 4.78 is 19.1. The zero-order valence-electron chi connectivity index (χ0n) is 21.5. The average Bonchev–Trinajstić information content (AvgIpc) is 3.52. The van der Waals surface area contributed by atoms with E-state index < -0.39 is 0 Å². The Morgan fingerprint density at radius 1 is 0.973 bits per heavy atom. The number of aromatic amines is 1. The van der Waals surface area contributed by atoms with Gasteiger partial charge >= 0.3 is 0 Å². The summed E-state index contributed by atoms with van der Waals surface area (Å²) in [7, 11) is 3.56. The van der Waals surface area contributed by atoms with Crippen molar-refractivity contribution in [1.82, 2.24) is 30.0 Å². The molecule has 0 spiro atoms. The Labute approximate surface area is 215 Å². The van der Waals surface area contributed by atoms with Gasteiger partial charge in [-0.05, 0) is 43.3 Å². The van der Waals surface area contributed by atoms with Crippen LogP contribution in [0.5, 0.6) is 11.5 Å². The summed E-state index contributed by atoms with van der Waals surface area (Å²) >= 11 is 0. The molecule has 192 valence electrons. The third-order valence-electron chi connectivity index (χ3n) is 6.18. The van der Waals surface area contributed by atoms with Gasteiger partial charge in [-0.15, -0.1) is 0 Å². The summed E-state index contributed by atoms with van der Waals surface area (Å²) in [6, 6.07) is 10.2. The van der Waals surface area contributed by atoms with E-state index in [0.717, 1.165) is 69.6 Å². The van der Waals surface area contributed by atoms with Crippen molar-refractivity contribution in [2.24, 2.45) is 7.05 Å². The molecule has 0 radical (unpaired) electrons. The summed E-state index contributed by atoms with van der Waals surface area (Å²) in [6.45, 7) is 5.60. The molecule has 5 rings (SSSR count). The number of H-pyrrole nitrogens is 1. The lowest BCUT2D eigenvalue weighted by molar-refractivity contribution is 0.146. The lowest BCUT2D eigenvalue weighted by Gasteiger charge is -2.14. The third kappa shape index (κ3) is 5.42. The number of benzene rings is 1. The van der Waals surface area contributed by atoms with E-state index in [1.165, 1.54) is 0 Å². The maximum atomic E-state index is 6.14. The maximum Gasteiger partial charge on any atom is 0.146 e. The highest BCUT2D eigenvalue weighted by molar-refractivity contribution is 6.14. The van der Waals surface area contributed by atoms with Crippen LogP contribution in [0.3, 0.4) is 0 Å². The number of hydrogen-bond acceptors (Lipinski definition) is 7. The van der Waals surface area contributed by atoms with Crippen LogP contribution in [0.15, 0.2) is 55.1 Å². The zero-order valence-corrected chi connectivity index (χ0v) is 21.5. The first-order valence-electron chi connectivity index (χ1n) is 12.5. The van der Waals surface area contributed by atoms with Gasteiger partial charge < -0.3 is 24.5 Å². The fourth-order valence-electron chi connectivity index (χ4n) is 4.36. The lowest BCUT2D eigenvalue weighted by atomic mass is 10.00. The summed E-state index contributed by atoms with van der Waals surface area (Å²) in [5, 5.41) is 9.62. The number of aryl methyl sites for hydroxylation is 1. The molecule has 0 aliphatic carbocycles. The summed E-state index contributed by atoms with van der Waals surface area (Å²) in [5.74, 6) is 1.54. The molecule has 0 bridgehead atoms. The Balaban J connectivity index is 1.56. The second-order valence-electron chi connectivity index (χ2n) is 8.79. The fraction of sp³-hybridized carbons (Fsp3) is 0.321. The van der Waals surface area contributed by atoms with Gasteiger partial charge in [0.1, 0.15) is 23.8 Å². The largest absolute Gasteiger partial charge is 0.494 e. The molecule has 2 N–H and O–H groups in total. The van der Waals surface area contributed by atoms with Gasteiger partial charge in [-0.3, -0.25) is 9.67 Å². The van der Waals surface area contributed by atoms with E-state index in [9.17, 15) is 0 Å². The van der Waals surface area contributed by atoms with Crippen LogP contribution in [0.4, 0.5) is 0 Å². The first-order chi connectivity index (χ1) is 18.2. The van der Waals surface area contributed by atoms with E-state index in [1.807, 2.05) is 37.8 Å². The smallest absolute Gasteiger partial charge is 0.146 e. The monoisotopic (exact) mass is 500 g/mol. The van der Waals surface area contributed by atoms with Gasteiger partial charge in [0.15, 0.2) is 0 Å². The number of hydrogen-bond donors (Lipinski definition) is 2. The Hall–Kier alpha value is -3.95. The SMILES string of the molecule is CCNCCCOc1ccc(-c2c(OCCOC)cnc3[nH]c4cnc(-c5cnn(C)c5)cc4c23)cc1. The van der Waals surface area contributed by atoms with Crippen LogP contribution in [0.2, 0.25) is 0 Å². The van der Waals surface area contributed by atoms with Crippen LogP contribution in [0.1, 0.15) is 13.3 Å². The molecule has 0 fully saturated rings. The fourth-order valence-corrected chi connectivity index (χ4v) is 4.36. The van der Waals surface area contributed by atoms with Crippen molar-refractivity contribution in [3.63, 3.8) is 0 Å². The van der Waals surface area contributed by atoms with Crippen molar-refractivity contribution in [2.45, 2.75) is 13.3 Å². The minimum absolute atomic E-state index is 0.425. The number of fused-ring (bicyclic) bond motifs is 3. The molecule has 4 heterocycles. The molecular weight excluding hydrogens is 468 g/mol. The number of aromatic nitrogens is 5. The number of methoxy groups -OCH3 is 1. The van der Waals surface area contributed by atoms with Crippen molar-refractivity contribution >= 4 is 21.9 Å². The van der Waals surface area contributed by atoms with Crippen molar-refractivity contribution < 1.29 is 14.2 Å². The zero-order chi connectivity index (χ0) is 25.6. The predicted molar refractivity (Wildman–Crippen MR) is 145 cm³/mol. The maximum absolute atomic E-state index is 6.14. The van der Waals surface area contributed by atoms with Crippen molar-refractivity contribution in [3.8, 4) is 33.9 Å². The Kier molecular flexibility index (Phi) is 7.62. The highest BCUT2D eigenvalue weighted by Crippen LogP contribution is 2.41. The first kappa shape index (κ1) is 24.7. The van der Waals surface area contributed by atoms with Crippen LogP contribution in [0.25, 0.3) is 44.3 Å². The Bertz CT molecular complexity index is 1480. The normalized spacial score (nSPS) is 11.4. The molecule has 5 aromatic rings. The van der Waals surface area contributed by atoms with E-state index in [1.54, 1.807) is 18.0 Å². The minimum Gasteiger partial charge on any atom is -0.494 e. The van der Waals surface area contributed by atoms with Gasteiger partial charge in [0.05, 0.1) is 43.0 Å². The van der Waals surface area contributed by atoms with Crippen molar-refractivity contribution in [3.05, 3.63) is 55.1 Å². The molecule has 0 amide bonds. The quantitative estimate of drug-likeness (QED) is 0.242. The number of rotatable bonds is 12. The number of pyridine rings is 2. The second-order valence-corrected chi connectivity index (χ2v) is 8.79. The van der Waals surface area contributed by atoms with Gasteiger partial charge in [0, 0.05) is 42.3 Å². The van der Waals surface area contributed by atoms with E-state index in [0.29, 0.717) is 25.6 Å². The average molecular weight is 501 g/mol. The number of nitrogens with zero attached hydrogens (tertiary/aromatic N) is 4. The van der Waals surface area contributed by atoms with Crippen molar-refractivity contribution in [1.29, 1.82) is 0 Å². The topological polar surface area (TPSA) is 99.1 Å². The standard InChI is InChI=1S/C28H32N6O3/c1-4-29-10-5-11-36-21-8-6-19(7-9-21)26-25(37-13-12-35-3)17-31-28-27(26)22-14-23(30-16-24(22)33-28)20-15-32-34(2)18-20/h6-9,14-18,29H,4-5,10-13H2,1-3H3,(H,31,33). The molecule has 9 nitrogen and oxygen atoms in total. The number of nitrogens with one attached hydrogen (secondary N) is 2. The Morgan fingerprint density at radius 3 is 2.59 bits per heavy atom. The first-order valence-corrected chi connectivity index (χ1v) is 12.5. The minimum atomic E-state index is 0.425. The molecular formula is C28H32N6O3. The lowest BCUT2D eigenvalue weighted by Crippen LogP contribution is -2.16. The van der Waals surface area contributed by atoms with E-state index in [2.05, 4.69) is 50.5 Å². The van der Waals surface area contributed by atoms with Gasteiger partial charge in [-0.25, -0.2) is 4.98 Å². The van der Waals surface area contributed by atoms with Gasteiger partial charge in [-0.1, -0.05) is 19.1 Å². The van der Waals surface area contributed by atoms with Crippen molar-refractivity contribution in [2.75, 3.05) is 40.0 Å². The third-order valence-corrected chi connectivity index (χ3v) is 6.18. The molecule has 4 aromatic heterocycles. The summed E-state index contributed by atoms with van der Waals surface area (Å²) in [4.78, 5) is 12.7. The number of ether oxygens (including phenoxy) is 3. The summed E-state index contributed by atoms with van der Waals surface area (Å²) in [5.41, 5.74) is 5.47. The molecule has 0 saturated heterocycles.